The van der Waals surface area contributed by atoms with E-state index < -0.39 is 10.9 Å². The summed E-state index contributed by atoms with van der Waals surface area (Å²) in [6, 6.07) is 1.13. The van der Waals surface area contributed by atoms with Crippen LogP contribution in [-0.4, -0.2) is 22.5 Å². The zero-order valence-corrected chi connectivity index (χ0v) is 8.83. The first-order valence-corrected chi connectivity index (χ1v) is 4.55. The standard InChI is InChI=1S/C7H7BrN2O4/c1-2-14-7(11)4-3-5(10(12)13)6(8)9-4/h3,9H,2H2,1H3. The fraction of sp³-hybridized carbons (Fsp3) is 0.286. The highest BCUT2D eigenvalue weighted by Crippen LogP contribution is 2.25. The molecule has 0 saturated carbocycles. The fourth-order valence-electron chi connectivity index (χ4n) is 0.870. The predicted octanol–water partition coefficient (Wildman–Crippen LogP) is 1.86. The molecule has 1 N–H and O–H groups in total. The van der Waals surface area contributed by atoms with Crippen molar-refractivity contribution in [2.75, 3.05) is 6.61 Å². The zero-order chi connectivity index (χ0) is 10.7. The summed E-state index contributed by atoms with van der Waals surface area (Å²) in [5, 5.41) is 10.4. The van der Waals surface area contributed by atoms with E-state index in [1.165, 1.54) is 0 Å². The number of aromatic nitrogens is 1. The number of hydrogen-bond acceptors (Lipinski definition) is 4. The van der Waals surface area contributed by atoms with E-state index >= 15 is 0 Å². The summed E-state index contributed by atoms with van der Waals surface area (Å²) in [5.74, 6) is -0.610. The topological polar surface area (TPSA) is 85.2 Å². The minimum absolute atomic E-state index is 0.0606. The first-order chi connectivity index (χ1) is 6.56. The molecular weight excluding hydrogens is 256 g/mol. The molecule has 1 aromatic rings. The number of nitrogens with zero attached hydrogens (tertiary/aromatic N) is 1. The van der Waals surface area contributed by atoms with Gasteiger partial charge in [0.2, 0.25) is 0 Å². The van der Waals surface area contributed by atoms with Gasteiger partial charge in [0.05, 0.1) is 11.5 Å². The molecule has 14 heavy (non-hydrogen) atoms. The summed E-state index contributed by atoms with van der Waals surface area (Å²) in [6.07, 6.45) is 0. The maximum absolute atomic E-state index is 11.1. The van der Waals surface area contributed by atoms with Gasteiger partial charge in [0.1, 0.15) is 5.69 Å². The zero-order valence-electron chi connectivity index (χ0n) is 7.24. The molecule has 1 aromatic heterocycles. The molecule has 0 aliphatic carbocycles. The molecular formula is C7H7BrN2O4. The second kappa shape index (κ2) is 4.23. The molecule has 0 unspecified atom stereocenters. The van der Waals surface area contributed by atoms with Gasteiger partial charge < -0.3 is 9.72 Å². The molecule has 0 bridgehead atoms. The number of rotatable bonds is 3. The molecule has 0 saturated heterocycles. The van der Waals surface area contributed by atoms with E-state index in [-0.39, 0.29) is 22.6 Å². The van der Waals surface area contributed by atoms with Crippen molar-refractivity contribution in [3.05, 3.63) is 26.5 Å². The van der Waals surface area contributed by atoms with E-state index in [1.54, 1.807) is 6.92 Å². The van der Waals surface area contributed by atoms with E-state index in [0.717, 1.165) is 6.07 Å². The summed E-state index contributed by atoms with van der Waals surface area (Å²) in [6.45, 7) is 1.88. The summed E-state index contributed by atoms with van der Waals surface area (Å²) in [4.78, 5) is 23.5. The van der Waals surface area contributed by atoms with Crippen molar-refractivity contribution >= 4 is 27.6 Å². The number of carbonyl (C=O) groups excluding carboxylic acids is 1. The normalized spacial score (nSPS) is 9.86. The van der Waals surface area contributed by atoms with Crippen LogP contribution in [0.1, 0.15) is 17.4 Å². The van der Waals surface area contributed by atoms with Gasteiger partial charge in [-0.3, -0.25) is 10.1 Å². The molecule has 0 spiro atoms. The second-order valence-corrected chi connectivity index (χ2v) is 3.15. The molecule has 0 radical (unpaired) electrons. The third kappa shape index (κ3) is 2.11. The smallest absolute Gasteiger partial charge is 0.355 e. The molecule has 1 heterocycles. The predicted molar refractivity (Wildman–Crippen MR) is 51.1 cm³/mol. The Morgan fingerprint density at radius 3 is 2.86 bits per heavy atom. The number of esters is 1. The van der Waals surface area contributed by atoms with Crippen molar-refractivity contribution in [1.82, 2.24) is 4.98 Å². The number of aromatic amines is 1. The third-order valence-electron chi connectivity index (χ3n) is 1.44. The summed E-state index contributed by atoms with van der Waals surface area (Å²) >= 11 is 2.93. The lowest BCUT2D eigenvalue weighted by Gasteiger charge is -1.96. The van der Waals surface area contributed by atoms with Crippen LogP contribution in [0.25, 0.3) is 0 Å². The number of halogens is 1. The highest BCUT2D eigenvalue weighted by Gasteiger charge is 2.20. The lowest BCUT2D eigenvalue weighted by Crippen LogP contribution is -2.04. The monoisotopic (exact) mass is 262 g/mol. The molecule has 0 atom stereocenters. The van der Waals surface area contributed by atoms with E-state index in [1.807, 2.05) is 0 Å². The van der Waals surface area contributed by atoms with Crippen molar-refractivity contribution in [2.45, 2.75) is 6.92 Å². The van der Waals surface area contributed by atoms with Gasteiger partial charge in [-0.25, -0.2) is 4.79 Å². The van der Waals surface area contributed by atoms with E-state index in [0.29, 0.717) is 0 Å². The maximum Gasteiger partial charge on any atom is 0.355 e. The average Bonchev–Trinajstić information content (AvgIpc) is 2.48. The SMILES string of the molecule is CCOC(=O)c1cc([N+](=O)[O-])c(Br)[nH]1. The molecule has 0 aromatic carbocycles. The van der Waals surface area contributed by atoms with Gasteiger partial charge in [-0.05, 0) is 22.9 Å². The van der Waals surface area contributed by atoms with Crippen LogP contribution in [0.4, 0.5) is 5.69 Å². The van der Waals surface area contributed by atoms with Crippen LogP contribution in [0.2, 0.25) is 0 Å². The molecule has 0 amide bonds. The van der Waals surface area contributed by atoms with Gasteiger partial charge in [0.25, 0.3) is 0 Å². The molecule has 0 fully saturated rings. The van der Waals surface area contributed by atoms with Crippen molar-refractivity contribution in [3.8, 4) is 0 Å². The highest BCUT2D eigenvalue weighted by molar-refractivity contribution is 9.10. The number of H-pyrrole nitrogens is 1. The summed E-state index contributed by atoms with van der Waals surface area (Å²) in [7, 11) is 0. The average molecular weight is 263 g/mol. The van der Waals surface area contributed by atoms with Gasteiger partial charge in [0.15, 0.2) is 4.60 Å². The maximum atomic E-state index is 11.1. The Bertz CT molecular complexity index is 374. The molecule has 0 aliphatic rings. The van der Waals surface area contributed by atoms with Crippen LogP contribution in [0.15, 0.2) is 10.7 Å². The van der Waals surface area contributed by atoms with Gasteiger partial charge in [-0.1, -0.05) is 0 Å². The molecule has 0 aliphatic heterocycles. The Labute approximate surface area is 87.5 Å². The number of hydrogen-bond donors (Lipinski definition) is 1. The molecule has 1 rings (SSSR count). The minimum atomic E-state index is -0.610. The third-order valence-corrected chi connectivity index (χ3v) is 2.05. The Morgan fingerprint density at radius 2 is 2.43 bits per heavy atom. The van der Waals surface area contributed by atoms with Crippen LogP contribution in [-0.2, 0) is 4.74 Å². The van der Waals surface area contributed by atoms with E-state index in [9.17, 15) is 14.9 Å². The van der Waals surface area contributed by atoms with Crippen LogP contribution in [0.3, 0.4) is 0 Å². The van der Waals surface area contributed by atoms with Crippen LogP contribution < -0.4 is 0 Å². The molecule has 76 valence electrons. The quantitative estimate of drug-likeness (QED) is 0.512. The number of nitrogens with one attached hydrogen (secondary N) is 1. The lowest BCUT2D eigenvalue weighted by molar-refractivity contribution is -0.385. The van der Waals surface area contributed by atoms with Crippen LogP contribution in [0, 0.1) is 10.1 Å². The van der Waals surface area contributed by atoms with Crippen LogP contribution >= 0.6 is 15.9 Å². The Kier molecular flexibility index (Phi) is 3.23. The largest absolute Gasteiger partial charge is 0.461 e. The lowest BCUT2D eigenvalue weighted by atomic mass is 10.4. The van der Waals surface area contributed by atoms with Gasteiger partial charge in [-0.2, -0.15) is 0 Å². The van der Waals surface area contributed by atoms with E-state index in [4.69, 9.17) is 0 Å². The molecule has 6 nitrogen and oxygen atoms in total. The van der Waals surface area contributed by atoms with Crippen molar-refractivity contribution < 1.29 is 14.5 Å². The van der Waals surface area contributed by atoms with Crippen LogP contribution in [0.5, 0.6) is 0 Å². The second-order valence-electron chi connectivity index (χ2n) is 2.36. The first-order valence-electron chi connectivity index (χ1n) is 3.76. The fourth-order valence-corrected chi connectivity index (χ4v) is 1.34. The minimum Gasteiger partial charge on any atom is -0.461 e. The number of ether oxygens (including phenoxy) is 1. The number of nitro groups is 1. The Balaban J connectivity index is 2.96. The van der Waals surface area contributed by atoms with Gasteiger partial charge >= 0.3 is 11.7 Å². The van der Waals surface area contributed by atoms with Crippen molar-refractivity contribution in [2.24, 2.45) is 0 Å². The highest BCUT2D eigenvalue weighted by atomic mass is 79.9. The van der Waals surface area contributed by atoms with Gasteiger partial charge in [-0.15, -0.1) is 0 Å². The van der Waals surface area contributed by atoms with Crippen molar-refractivity contribution in [1.29, 1.82) is 0 Å². The van der Waals surface area contributed by atoms with Gasteiger partial charge in [0, 0.05) is 6.07 Å². The first kappa shape index (κ1) is 10.7. The summed E-state index contributed by atoms with van der Waals surface area (Å²) in [5.41, 5.74) is -0.126. The van der Waals surface area contributed by atoms with Crippen molar-refractivity contribution in [3.63, 3.8) is 0 Å². The Morgan fingerprint density at radius 1 is 1.79 bits per heavy atom. The Hall–Kier alpha value is -1.37. The number of carbonyl (C=O) groups is 1. The van der Waals surface area contributed by atoms with E-state index in [2.05, 4.69) is 25.7 Å². The summed E-state index contributed by atoms with van der Waals surface area (Å²) < 4.78 is 4.82. The molecule has 7 heteroatoms.